The monoisotopic (exact) mass is 370 g/mol. The van der Waals surface area contributed by atoms with E-state index in [9.17, 15) is 4.79 Å². The molecule has 0 unspecified atom stereocenters. The third kappa shape index (κ3) is 4.05. The summed E-state index contributed by atoms with van der Waals surface area (Å²) < 4.78 is 6.33. The van der Waals surface area contributed by atoms with E-state index in [1.54, 1.807) is 6.20 Å². The van der Waals surface area contributed by atoms with Gasteiger partial charge in [0.05, 0.1) is 0 Å². The molecular weight excluding hydrogens is 355 g/mol. The predicted octanol–water partition coefficient (Wildman–Crippen LogP) is 4.19. The molecule has 0 radical (unpaired) electrons. The van der Waals surface area contributed by atoms with Crippen LogP contribution < -0.4 is 5.32 Å². The van der Waals surface area contributed by atoms with Gasteiger partial charge in [-0.05, 0) is 66.9 Å². The molecule has 0 spiro atoms. The Kier molecular flexibility index (Phi) is 3.93. The zero-order valence-electron chi connectivity index (χ0n) is 11.0. The lowest BCUT2D eigenvalue weighted by Crippen LogP contribution is -2.27. The van der Waals surface area contributed by atoms with Crippen LogP contribution in [0.25, 0.3) is 10.8 Å². The maximum absolute atomic E-state index is 11.6. The fraction of sp³-hybridized carbons (Fsp3) is 0.286. The second-order valence-electron chi connectivity index (χ2n) is 5.19. The van der Waals surface area contributed by atoms with Crippen LogP contribution in [0.4, 0.5) is 10.6 Å². The first-order chi connectivity index (χ1) is 8.83. The van der Waals surface area contributed by atoms with Gasteiger partial charge in [-0.2, -0.15) is 0 Å². The highest BCUT2D eigenvalue weighted by Gasteiger charge is 2.16. The molecular formula is C14H15IN2O2. The molecule has 0 atom stereocenters. The van der Waals surface area contributed by atoms with Crippen LogP contribution in [0.2, 0.25) is 0 Å². The van der Waals surface area contributed by atoms with Gasteiger partial charge in [0.15, 0.2) is 0 Å². The van der Waals surface area contributed by atoms with Crippen LogP contribution in [-0.4, -0.2) is 16.7 Å². The summed E-state index contributed by atoms with van der Waals surface area (Å²) in [5.74, 6) is 0.489. The number of rotatable bonds is 1. The molecule has 2 rings (SSSR count). The number of carbonyl (C=O) groups excluding carboxylic acids is 1. The molecule has 0 aliphatic rings. The van der Waals surface area contributed by atoms with Gasteiger partial charge in [-0.25, -0.2) is 9.78 Å². The number of anilines is 1. The van der Waals surface area contributed by atoms with Crippen molar-refractivity contribution in [3.8, 4) is 0 Å². The molecule has 0 saturated carbocycles. The van der Waals surface area contributed by atoms with Gasteiger partial charge in [0.2, 0.25) is 0 Å². The van der Waals surface area contributed by atoms with Crippen molar-refractivity contribution in [2.24, 2.45) is 0 Å². The zero-order chi connectivity index (χ0) is 14.0. The quantitative estimate of drug-likeness (QED) is 0.766. The van der Waals surface area contributed by atoms with Crippen molar-refractivity contribution in [2.75, 3.05) is 5.32 Å². The smallest absolute Gasteiger partial charge is 0.413 e. The lowest BCUT2D eigenvalue weighted by molar-refractivity contribution is 0.0635. The summed E-state index contributed by atoms with van der Waals surface area (Å²) >= 11 is 2.25. The summed E-state index contributed by atoms with van der Waals surface area (Å²) in [6.45, 7) is 5.47. The van der Waals surface area contributed by atoms with Gasteiger partial charge >= 0.3 is 6.09 Å². The van der Waals surface area contributed by atoms with Gasteiger partial charge in [-0.1, -0.05) is 6.07 Å². The highest BCUT2D eigenvalue weighted by atomic mass is 127. The summed E-state index contributed by atoms with van der Waals surface area (Å²) in [5.41, 5.74) is -0.517. The van der Waals surface area contributed by atoms with E-state index in [2.05, 4.69) is 32.9 Å². The summed E-state index contributed by atoms with van der Waals surface area (Å²) in [7, 11) is 0. The van der Waals surface area contributed by atoms with Crippen LogP contribution in [-0.2, 0) is 4.74 Å². The minimum absolute atomic E-state index is 0.489. The first-order valence-corrected chi connectivity index (χ1v) is 6.97. The number of hydrogen-bond acceptors (Lipinski definition) is 3. The number of carbonyl (C=O) groups is 1. The largest absolute Gasteiger partial charge is 0.444 e. The van der Waals surface area contributed by atoms with E-state index in [1.807, 2.05) is 45.0 Å². The van der Waals surface area contributed by atoms with Crippen molar-refractivity contribution in [3.63, 3.8) is 0 Å². The Morgan fingerprint density at radius 2 is 2.00 bits per heavy atom. The summed E-state index contributed by atoms with van der Waals surface area (Å²) in [4.78, 5) is 15.8. The first kappa shape index (κ1) is 14.0. The minimum Gasteiger partial charge on any atom is -0.444 e. The molecule has 2 aromatic rings. The first-order valence-electron chi connectivity index (χ1n) is 5.89. The highest BCUT2D eigenvalue weighted by molar-refractivity contribution is 14.1. The van der Waals surface area contributed by atoms with Gasteiger partial charge < -0.3 is 4.74 Å². The number of fused-ring (bicyclic) bond motifs is 1. The van der Waals surface area contributed by atoms with E-state index in [-0.39, 0.29) is 0 Å². The lowest BCUT2D eigenvalue weighted by Gasteiger charge is -2.19. The van der Waals surface area contributed by atoms with Crippen LogP contribution in [0.3, 0.4) is 0 Å². The summed E-state index contributed by atoms with van der Waals surface area (Å²) in [6.07, 6.45) is 1.24. The van der Waals surface area contributed by atoms with Crippen LogP contribution in [0.1, 0.15) is 20.8 Å². The lowest BCUT2D eigenvalue weighted by atomic mass is 10.2. The molecule has 0 saturated heterocycles. The van der Waals surface area contributed by atoms with Crippen LogP contribution in [0, 0.1) is 3.57 Å². The molecule has 1 aromatic carbocycles. The standard InChI is InChI=1S/C14H15IN2O2/c1-14(2,3)19-13(18)17-12-7-9-4-5-11(15)6-10(9)8-16-12/h4-8H,1-3H3,(H,16,17,18). The van der Waals surface area contributed by atoms with Gasteiger partial charge in [0, 0.05) is 15.2 Å². The molecule has 0 fully saturated rings. The van der Waals surface area contributed by atoms with Gasteiger partial charge in [0.1, 0.15) is 11.4 Å². The van der Waals surface area contributed by atoms with Gasteiger partial charge in [-0.15, -0.1) is 0 Å². The third-order valence-electron chi connectivity index (χ3n) is 2.31. The molecule has 0 bridgehead atoms. The average molecular weight is 370 g/mol. The molecule has 5 heteroatoms. The number of amides is 1. The van der Waals surface area contributed by atoms with Crippen molar-refractivity contribution < 1.29 is 9.53 Å². The molecule has 0 aliphatic carbocycles. The van der Waals surface area contributed by atoms with Crippen molar-refractivity contribution in [3.05, 3.63) is 34.0 Å². The van der Waals surface area contributed by atoms with E-state index in [0.29, 0.717) is 5.82 Å². The Morgan fingerprint density at radius 3 is 2.68 bits per heavy atom. The number of hydrogen-bond donors (Lipinski definition) is 1. The third-order valence-corrected chi connectivity index (χ3v) is 2.98. The summed E-state index contributed by atoms with van der Waals surface area (Å²) in [5, 5.41) is 4.70. The number of nitrogens with zero attached hydrogens (tertiary/aromatic N) is 1. The Bertz CT molecular complexity index is 620. The Labute approximate surface area is 125 Å². The maximum Gasteiger partial charge on any atom is 0.413 e. The number of pyridine rings is 1. The van der Waals surface area contributed by atoms with E-state index in [0.717, 1.165) is 14.3 Å². The number of aromatic nitrogens is 1. The van der Waals surface area contributed by atoms with Crippen LogP contribution in [0.5, 0.6) is 0 Å². The second kappa shape index (κ2) is 5.32. The Morgan fingerprint density at radius 1 is 1.26 bits per heavy atom. The normalized spacial score (nSPS) is 11.4. The van der Waals surface area contributed by atoms with Crippen LogP contribution >= 0.6 is 22.6 Å². The molecule has 19 heavy (non-hydrogen) atoms. The molecule has 1 aromatic heterocycles. The molecule has 1 N–H and O–H groups in total. The van der Waals surface area contributed by atoms with Crippen molar-refractivity contribution >= 4 is 45.3 Å². The van der Waals surface area contributed by atoms with E-state index >= 15 is 0 Å². The number of halogens is 1. The number of benzene rings is 1. The second-order valence-corrected chi connectivity index (χ2v) is 6.43. The Hall–Kier alpha value is -1.37. The summed E-state index contributed by atoms with van der Waals surface area (Å²) in [6, 6.07) is 7.88. The highest BCUT2D eigenvalue weighted by Crippen LogP contribution is 2.19. The number of ether oxygens (including phenoxy) is 1. The van der Waals surface area contributed by atoms with Gasteiger partial charge in [0.25, 0.3) is 0 Å². The fourth-order valence-electron chi connectivity index (χ4n) is 1.59. The zero-order valence-corrected chi connectivity index (χ0v) is 13.2. The molecule has 100 valence electrons. The molecule has 1 amide bonds. The van der Waals surface area contributed by atoms with E-state index in [1.165, 1.54) is 0 Å². The Balaban J connectivity index is 2.18. The van der Waals surface area contributed by atoms with Crippen molar-refractivity contribution in [1.82, 2.24) is 4.98 Å². The predicted molar refractivity (Wildman–Crippen MR) is 84.3 cm³/mol. The van der Waals surface area contributed by atoms with Gasteiger partial charge in [-0.3, -0.25) is 5.32 Å². The molecule has 0 aliphatic heterocycles. The van der Waals surface area contributed by atoms with Crippen molar-refractivity contribution in [2.45, 2.75) is 26.4 Å². The number of nitrogens with one attached hydrogen (secondary N) is 1. The molecule has 4 nitrogen and oxygen atoms in total. The van der Waals surface area contributed by atoms with E-state index in [4.69, 9.17) is 4.74 Å². The minimum atomic E-state index is -0.517. The average Bonchev–Trinajstić information content (AvgIpc) is 2.26. The van der Waals surface area contributed by atoms with Crippen LogP contribution in [0.15, 0.2) is 30.5 Å². The molecule has 1 heterocycles. The van der Waals surface area contributed by atoms with Crippen molar-refractivity contribution in [1.29, 1.82) is 0 Å². The van der Waals surface area contributed by atoms with E-state index < -0.39 is 11.7 Å². The maximum atomic E-state index is 11.6. The SMILES string of the molecule is CC(C)(C)OC(=O)Nc1cc2ccc(I)cc2cn1. The topological polar surface area (TPSA) is 51.2 Å². The fourth-order valence-corrected chi connectivity index (χ4v) is 2.10.